The van der Waals surface area contributed by atoms with Gasteiger partial charge >= 0.3 is 12.0 Å². The second kappa shape index (κ2) is 8.43. The van der Waals surface area contributed by atoms with Gasteiger partial charge in [-0.2, -0.15) is 5.26 Å². The Morgan fingerprint density at radius 2 is 2.05 bits per heavy atom. The molecule has 0 aliphatic heterocycles. The summed E-state index contributed by atoms with van der Waals surface area (Å²) >= 11 is 0. The Balaban J connectivity index is 2.56. The maximum absolute atomic E-state index is 11.9. The van der Waals surface area contributed by atoms with Crippen LogP contribution >= 0.6 is 0 Å². The highest BCUT2D eigenvalue weighted by atomic mass is 16.5. The molecule has 0 fully saturated rings. The third kappa shape index (κ3) is 5.82. The Bertz CT molecular complexity index is 522. The summed E-state index contributed by atoms with van der Waals surface area (Å²) in [5, 5.41) is 19.7. The van der Waals surface area contributed by atoms with Crippen molar-refractivity contribution >= 4 is 17.7 Å². The molecule has 1 aromatic carbocycles. The first-order chi connectivity index (χ1) is 10.1. The van der Waals surface area contributed by atoms with E-state index in [0.29, 0.717) is 24.5 Å². The van der Waals surface area contributed by atoms with Gasteiger partial charge in [-0.05, 0) is 31.2 Å². The average molecular weight is 291 g/mol. The molecule has 0 aliphatic rings. The molecule has 7 heteroatoms. The van der Waals surface area contributed by atoms with Crippen molar-refractivity contribution in [1.82, 2.24) is 4.90 Å². The first kappa shape index (κ1) is 16.3. The van der Waals surface area contributed by atoms with E-state index < -0.39 is 12.6 Å². The van der Waals surface area contributed by atoms with E-state index in [0.717, 1.165) is 0 Å². The van der Waals surface area contributed by atoms with Crippen LogP contribution in [0.2, 0.25) is 0 Å². The quantitative estimate of drug-likeness (QED) is 0.799. The van der Waals surface area contributed by atoms with Crippen LogP contribution in [0.1, 0.15) is 13.3 Å². The van der Waals surface area contributed by atoms with Crippen LogP contribution in [-0.2, 0) is 4.79 Å². The number of rotatable bonds is 7. The Labute approximate surface area is 122 Å². The number of benzene rings is 1. The first-order valence-corrected chi connectivity index (χ1v) is 6.44. The summed E-state index contributed by atoms with van der Waals surface area (Å²) in [7, 11) is 0. The number of hydrogen-bond acceptors (Lipinski definition) is 4. The number of carboxylic acid groups (broad SMARTS) is 1. The van der Waals surface area contributed by atoms with E-state index >= 15 is 0 Å². The van der Waals surface area contributed by atoms with Gasteiger partial charge in [0.15, 0.2) is 6.61 Å². The minimum absolute atomic E-state index is 0.281. The molecule has 0 bridgehead atoms. The molecule has 112 valence electrons. The predicted molar refractivity (Wildman–Crippen MR) is 76.1 cm³/mol. The zero-order valence-corrected chi connectivity index (χ0v) is 11.7. The SMILES string of the molecule is CCN(CCC#N)C(=O)Nc1ccc(OCC(=O)O)cc1. The van der Waals surface area contributed by atoms with E-state index in [2.05, 4.69) is 5.32 Å². The lowest BCUT2D eigenvalue weighted by molar-refractivity contribution is -0.139. The van der Waals surface area contributed by atoms with Crippen molar-refractivity contribution in [1.29, 1.82) is 5.26 Å². The van der Waals surface area contributed by atoms with Gasteiger partial charge in [-0.1, -0.05) is 0 Å². The lowest BCUT2D eigenvalue weighted by atomic mass is 10.3. The van der Waals surface area contributed by atoms with Crippen LogP contribution < -0.4 is 10.1 Å². The lowest BCUT2D eigenvalue weighted by Crippen LogP contribution is -2.35. The highest BCUT2D eigenvalue weighted by Gasteiger charge is 2.11. The van der Waals surface area contributed by atoms with E-state index in [1.54, 1.807) is 24.3 Å². The number of carbonyl (C=O) groups is 2. The van der Waals surface area contributed by atoms with Crippen molar-refractivity contribution < 1.29 is 19.4 Å². The molecule has 0 unspecified atom stereocenters. The molecule has 0 saturated carbocycles. The monoisotopic (exact) mass is 291 g/mol. The molecule has 1 aromatic rings. The molecular weight excluding hydrogens is 274 g/mol. The number of hydrogen-bond donors (Lipinski definition) is 2. The number of ether oxygens (including phenoxy) is 1. The zero-order valence-electron chi connectivity index (χ0n) is 11.7. The summed E-state index contributed by atoms with van der Waals surface area (Å²) < 4.78 is 4.99. The Morgan fingerprint density at radius 3 is 2.57 bits per heavy atom. The van der Waals surface area contributed by atoms with Crippen molar-refractivity contribution in [2.75, 3.05) is 25.0 Å². The molecule has 0 aromatic heterocycles. The summed E-state index contributed by atoms with van der Waals surface area (Å²) in [5.74, 6) is -0.643. The number of carbonyl (C=O) groups excluding carboxylic acids is 1. The van der Waals surface area contributed by atoms with Crippen LogP contribution in [0.15, 0.2) is 24.3 Å². The minimum atomic E-state index is -1.05. The summed E-state index contributed by atoms with van der Waals surface area (Å²) in [4.78, 5) is 23.8. The van der Waals surface area contributed by atoms with E-state index in [4.69, 9.17) is 15.1 Å². The normalized spacial score (nSPS) is 9.52. The molecule has 2 amide bonds. The van der Waals surface area contributed by atoms with Gasteiger partial charge in [0.1, 0.15) is 5.75 Å². The van der Waals surface area contributed by atoms with Crippen LogP contribution in [0.5, 0.6) is 5.75 Å². The van der Waals surface area contributed by atoms with Crippen molar-refractivity contribution in [3.63, 3.8) is 0 Å². The second-order valence-corrected chi connectivity index (χ2v) is 4.12. The standard InChI is InChI=1S/C14H17N3O4/c1-2-17(9-3-8-15)14(20)16-11-4-6-12(7-5-11)21-10-13(18)19/h4-7H,2-3,9-10H2,1H3,(H,16,20)(H,18,19). The van der Waals surface area contributed by atoms with Crippen molar-refractivity contribution in [3.05, 3.63) is 24.3 Å². The molecule has 2 N–H and O–H groups in total. The van der Waals surface area contributed by atoms with Gasteiger partial charge in [-0.15, -0.1) is 0 Å². The van der Waals surface area contributed by atoms with Crippen LogP contribution in [-0.4, -0.2) is 41.7 Å². The third-order valence-corrected chi connectivity index (χ3v) is 2.63. The predicted octanol–water partition coefficient (Wildman–Crippen LogP) is 1.92. The molecular formula is C14H17N3O4. The number of aliphatic carboxylic acids is 1. The minimum Gasteiger partial charge on any atom is -0.482 e. The van der Waals surface area contributed by atoms with Gasteiger partial charge in [0, 0.05) is 18.8 Å². The van der Waals surface area contributed by atoms with E-state index in [9.17, 15) is 9.59 Å². The summed E-state index contributed by atoms with van der Waals surface area (Å²) in [6, 6.07) is 8.09. The highest BCUT2D eigenvalue weighted by molar-refractivity contribution is 5.89. The Morgan fingerprint density at radius 1 is 1.38 bits per heavy atom. The molecule has 7 nitrogen and oxygen atoms in total. The largest absolute Gasteiger partial charge is 0.482 e. The zero-order chi connectivity index (χ0) is 15.7. The van der Waals surface area contributed by atoms with E-state index in [1.807, 2.05) is 13.0 Å². The number of nitrogens with zero attached hydrogens (tertiary/aromatic N) is 2. The number of anilines is 1. The van der Waals surface area contributed by atoms with Crippen LogP contribution in [0, 0.1) is 11.3 Å². The Kier molecular flexibility index (Phi) is 6.54. The topological polar surface area (TPSA) is 103 Å². The van der Waals surface area contributed by atoms with Gasteiger partial charge in [0.05, 0.1) is 12.5 Å². The maximum Gasteiger partial charge on any atom is 0.341 e. The summed E-state index contributed by atoms with van der Waals surface area (Å²) in [6.07, 6.45) is 0.281. The smallest absolute Gasteiger partial charge is 0.341 e. The maximum atomic E-state index is 11.9. The van der Waals surface area contributed by atoms with Crippen molar-refractivity contribution in [3.8, 4) is 11.8 Å². The van der Waals surface area contributed by atoms with Crippen LogP contribution in [0.3, 0.4) is 0 Å². The van der Waals surface area contributed by atoms with Gasteiger partial charge < -0.3 is 20.1 Å². The summed E-state index contributed by atoms with van der Waals surface area (Å²) in [6.45, 7) is 2.30. The van der Waals surface area contributed by atoms with Crippen molar-refractivity contribution in [2.24, 2.45) is 0 Å². The fraction of sp³-hybridized carbons (Fsp3) is 0.357. The first-order valence-electron chi connectivity index (χ1n) is 6.44. The fourth-order valence-electron chi connectivity index (χ4n) is 1.57. The molecule has 0 radical (unpaired) electrons. The fourth-order valence-corrected chi connectivity index (χ4v) is 1.57. The molecule has 0 heterocycles. The number of urea groups is 1. The van der Waals surface area contributed by atoms with Gasteiger partial charge in [0.2, 0.25) is 0 Å². The summed E-state index contributed by atoms with van der Waals surface area (Å²) in [5.41, 5.74) is 0.568. The van der Waals surface area contributed by atoms with Gasteiger partial charge in [-0.25, -0.2) is 9.59 Å². The number of carboxylic acids is 1. The van der Waals surface area contributed by atoms with Crippen molar-refractivity contribution in [2.45, 2.75) is 13.3 Å². The number of nitriles is 1. The molecule has 0 aliphatic carbocycles. The van der Waals surface area contributed by atoms with E-state index in [-0.39, 0.29) is 12.5 Å². The average Bonchev–Trinajstić information content (AvgIpc) is 2.47. The third-order valence-electron chi connectivity index (χ3n) is 2.63. The number of nitrogens with one attached hydrogen (secondary N) is 1. The Hall–Kier alpha value is -2.75. The van der Waals surface area contributed by atoms with E-state index in [1.165, 1.54) is 4.90 Å². The number of amides is 2. The van der Waals surface area contributed by atoms with Crippen LogP contribution in [0.25, 0.3) is 0 Å². The highest BCUT2D eigenvalue weighted by Crippen LogP contribution is 2.16. The van der Waals surface area contributed by atoms with Gasteiger partial charge in [-0.3, -0.25) is 0 Å². The molecule has 0 atom stereocenters. The second-order valence-electron chi connectivity index (χ2n) is 4.12. The van der Waals surface area contributed by atoms with Crippen LogP contribution in [0.4, 0.5) is 10.5 Å². The molecule has 0 saturated heterocycles. The molecule has 0 spiro atoms. The molecule has 1 rings (SSSR count). The van der Waals surface area contributed by atoms with Gasteiger partial charge in [0.25, 0.3) is 0 Å². The lowest BCUT2D eigenvalue weighted by Gasteiger charge is -2.20. The molecule has 21 heavy (non-hydrogen) atoms.